The summed E-state index contributed by atoms with van der Waals surface area (Å²) in [5.74, 6) is 0.965. The lowest BCUT2D eigenvalue weighted by atomic mass is 9.95. The maximum Gasteiger partial charge on any atom is 0.337 e. The summed E-state index contributed by atoms with van der Waals surface area (Å²) in [6.07, 6.45) is 0.480. The largest absolute Gasteiger partial charge is 0.490 e. The number of benzene rings is 3. The first-order valence-electron chi connectivity index (χ1n) is 13.9. The van der Waals surface area contributed by atoms with Gasteiger partial charge in [-0.25, -0.2) is 9.59 Å². The molecule has 0 spiro atoms. The number of ether oxygens (including phenoxy) is 4. The molecule has 232 valence electrons. The molecular formula is C32H35IN4O7. The van der Waals surface area contributed by atoms with Crippen LogP contribution in [0.15, 0.2) is 77.0 Å². The van der Waals surface area contributed by atoms with Gasteiger partial charge in [0.15, 0.2) is 17.7 Å². The number of nitrogens with zero attached hydrogens (tertiary/aromatic N) is 1. The van der Waals surface area contributed by atoms with Crippen LogP contribution in [0.4, 0.5) is 4.79 Å². The highest BCUT2D eigenvalue weighted by Gasteiger charge is 2.32. The Labute approximate surface area is 269 Å². The van der Waals surface area contributed by atoms with Crippen molar-refractivity contribution in [2.45, 2.75) is 39.6 Å². The Morgan fingerprint density at radius 1 is 1.05 bits per heavy atom. The van der Waals surface area contributed by atoms with E-state index in [1.165, 1.54) is 12.7 Å². The van der Waals surface area contributed by atoms with Gasteiger partial charge in [0.25, 0.3) is 0 Å². The number of aliphatic hydroxyl groups excluding tert-OH is 1. The van der Waals surface area contributed by atoms with Crippen molar-refractivity contribution >= 4 is 40.8 Å². The van der Waals surface area contributed by atoms with Gasteiger partial charge in [0.2, 0.25) is 0 Å². The first kappa shape index (κ1) is 32.6. The number of hydrazone groups is 1. The van der Waals surface area contributed by atoms with Crippen molar-refractivity contribution in [3.8, 4) is 17.2 Å². The fourth-order valence-corrected chi connectivity index (χ4v) is 5.07. The van der Waals surface area contributed by atoms with Crippen molar-refractivity contribution in [3.05, 3.63) is 97.8 Å². The molecule has 0 bridgehead atoms. The van der Waals surface area contributed by atoms with Crippen LogP contribution in [0.25, 0.3) is 0 Å². The van der Waals surface area contributed by atoms with E-state index < -0.39 is 24.3 Å². The zero-order valence-corrected chi connectivity index (χ0v) is 27.0. The SMILES string of the molecule is CCOc1cc([C@H]2NC(=O)NC(C)=C2C(=O)OC)ccc1OC[C@@H](O)N/N=C\c1ccc(OCc2ccc(C)cc2)c(I)c1. The summed E-state index contributed by atoms with van der Waals surface area (Å²) in [4.78, 5) is 24.6. The third kappa shape index (κ3) is 8.63. The molecule has 4 N–H and O–H groups in total. The van der Waals surface area contributed by atoms with E-state index in [9.17, 15) is 14.7 Å². The van der Waals surface area contributed by atoms with Crippen molar-refractivity contribution in [1.82, 2.24) is 16.1 Å². The second-order valence-corrected chi connectivity index (χ2v) is 11.0. The molecular weight excluding hydrogens is 679 g/mol. The number of aliphatic hydroxyl groups is 1. The number of urea groups is 1. The molecule has 2 atom stereocenters. The second-order valence-electron chi connectivity index (χ2n) is 9.88. The number of carbonyl (C=O) groups excluding carboxylic acids is 2. The average molecular weight is 715 g/mol. The average Bonchev–Trinajstić information content (AvgIpc) is 3.00. The predicted molar refractivity (Wildman–Crippen MR) is 174 cm³/mol. The van der Waals surface area contributed by atoms with Crippen LogP contribution in [0.1, 0.15) is 42.1 Å². The number of esters is 1. The first-order chi connectivity index (χ1) is 21.2. The summed E-state index contributed by atoms with van der Waals surface area (Å²) >= 11 is 2.22. The summed E-state index contributed by atoms with van der Waals surface area (Å²) in [5, 5.41) is 19.9. The van der Waals surface area contributed by atoms with Crippen LogP contribution < -0.4 is 30.3 Å². The third-order valence-electron chi connectivity index (χ3n) is 6.58. The Kier molecular flexibility index (Phi) is 11.4. The number of nitrogens with one attached hydrogen (secondary N) is 3. The Morgan fingerprint density at radius 3 is 2.50 bits per heavy atom. The van der Waals surface area contributed by atoms with Crippen molar-refractivity contribution in [2.75, 3.05) is 20.3 Å². The number of aryl methyl sites for hydroxylation is 1. The lowest BCUT2D eigenvalue weighted by Crippen LogP contribution is -2.45. The monoisotopic (exact) mass is 714 g/mol. The number of hydrogen-bond acceptors (Lipinski definition) is 9. The van der Waals surface area contributed by atoms with E-state index >= 15 is 0 Å². The molecule has 1 aliphatic rings. The molecule has 0 saturated carbocycles. The van der Waals surface area contributed by atoms with E-state index in [2.05, 4.69) is 62.8 Å². The fraction of sp³-hybridized carbons (Fsp3) is 0.281. The summed E-state index contributed by atoms with van der Waals surface area (Å²) in [6, 6.07) is 17.8. The molecule has 0 saturated heterocycles. The highest BCUT2D eigenvalue weighted by atomic mass is 127. The zero-order valence-electron chi connectivity index (χ0n) is 24.8. The van der Waals surface area contributed by atoms with Crippen molar-refractivity contribution in [1.29, 1.82) is 0 Å². The van der Waals surface area contributed by atoms with Gasteiger partial charge in [-0.2, -0.15) is 5.10 Å². The third-order valence-corrected chi connectivity index (χ3v) is 7.42. The van der Waals surface area contributed by atoms with Crippen molar-refractivity contribution in [3.63, 3.8) is 0 Å². The molecule has 3 aromatic rings. The van der Waals surface area contributed by atoms with Crippen molar-refractivity contribution in [2.24, 2.45) is 5.10 Å². The van der Waals surface area contributed by atoms with Gasteiger partial charge in [-0.1, -0.05) is 35.9 Å². The normalized spacial score (nSPS) is 15.3. The number of hydrogen-bond donors (Lipinski definition) is 4. The second kappa shape index (κ2) is 15.4. The predicted octanol–water partition coefficient (Wildman–Crippen LogP) is 4.70. The highest BCUT2D eigenvalue weighted by molar-refractivity contribution is 14.1. The van der Waals surface area contributed by atoms with Crippen LogP contribution >= 0.6 is 22.6 Å². The number of halogens is 1. The molecule has 4 rings (SSSR count). The van der Waals surface area contributed by atoms with Gasteiger partial charge < -0.3 is 34.7 Å². The number of methoxy groups -OCH3 is 1. The molecule has 1 aliphatic heterocycles. The summed E-state index contributed by atoms with van der Waals surface area (Å²) in [7, 11) is 1.28. The lowest BCUT2D eigenvalue weighted by Gasteiger charge is -2.28. The topological polar surface area (TPSA) is 140 Å². The molecule has 0 unspecified atom stereocenters. The Morgan fingerprint density at radius 2 is 1.80 bits per heavy atom. The Balaban J connectivity index is 1.34. The number of allylic oxidation sites excluding steroid dienone is 1. The number of amides is 2. The van der Waals surface area contributed by atoms with Gasteiger partial charge in [-0.05, 0) is 90.4 Å². The molecule has 2 amide bonds. The molecule has 0 radical (unpaired) electrons. The number of rotatable bonds is 13. The molecule has 1 heterocycles. The maximum absolute atomic E-state index is 12.4. The van der Waals surface area contributed by atoms with E-state index in [1.54, 1.807) is 31.3 Å². The maximum atomic E-state index is 12.4. The minimum absolute atomic E-state index is 0.128. The summed E-state index contributed by atoms with van der Waals surface area (Å²) in [6.45, 7) is 6.20. The van der Waals surface area contributed by atoms with E-state index in [4.69, 9.17) is 18.9 Å². The smallest absolute Gasteiger partial charge is 0.337 e. The van der Waals surface area contributed by atoms with E-state index in [1.807, 2.05) is 37.3 Å². The molecule has 3 aromatic carbocycles. The van der Waals surface area contributed by atoms with Crippen molar-refractivity contribution < 1.29 is 33.6 Å². The Hall–Kier alpha value is -4.30. The fourth-order valence-electron chi connectivity index (χ4n) is 4.38. The van der Waals surface area contributed by atoms with Gasteiger partial charge >= 0.3 is 12.0 Å². The first-order valence-corrected chi connectivity index (χ1v) is 15.0. The molecule has 44 heavy (non-hydrogen) atoms. The molecule has 12 heteroatoms. The van der Waals surface area contributed by atoms with Crippen LogP contribution in [0.2, 0.25) is 0 Å². The zero-order chi connectivity index (χ0) is 31.6. The van der Waals surface area contributed by atoms with Gasteiger partial charge in [0.1, 0.15) is 19.0 Å². The van der Waals surface area contributed by atoms with Gasteiger partial charge in [0.05, 0.1) is 35.1 Å². The van der Waals surface area contributed by atoms with Gasteiger partial charge in [0, 0.05) is 5.70 Å². The minimum Gasteiger partial charge on any atom is -0.490 e. The van der Waals surface area contributed by atoms with Crippen LogP contribution in [-0.2, 0) is 16.1 Å². The molecule has 0 fully saturated rings. The highest BCUT2D eigenvalue weighted by Crippen LogP contribution is 2.35. The van der Waals surface area contributed by atoms with Crippen LogP contribution in [0.5, 0.6) is 17.2 Å². The van der Waals surface area contributed by atoms with E-state index in [0.29, 0.717) is 36.0 Å². The van der Waals surface area contributed by atoms with Crippen LogP contribution in [0.3, 0.4) is 0 Å². The molecule has 0 aliphatic carbocycles. The number of carbonyl (C=O) groups is 2. The summed E-state index contributed by atoms with van der Waals surface area (Å²) < 4.78 is 23.4. The summed E-state index contributed by atoms with van der Waals surface area (Å²) in [5.41, 5.74) is 7.05. The van der Waals surface area contributed by atoms with E-state index in [-0.39, 0.29) is 12.2 Å². The Bertz CT molecular complexity index is 1540. The lowest BCUT2D eigenvalue weighted by molar-refractivity contribution is -0.136. The van der Waals surface area contributed by atoms with Gasteiger partial charge in [-0.15, -0.1) is 0 Å². The quantitative estimate of drug-likeness (QED) is 0.0658. The molecule has 11 nitrogen and oxygen atoms in total. The standard InChI is InChI=1S/C32H35IN4O7/c1-5-42-27-15-23(30-29(31(39)41-4)20(3)35-32(40)36-30)11-13-26(27)44-18-28(38)37-34-16-22-10-12-25(24(33)14-22)43-17-21-8-6-19(2)7-9-21/h6-16,28,30,37-38H,5,17-18H2,1-4H3,(H2,35,36,40)/b34-16-/t28-,30-/m1/s1. The van der Waals surface area contributed by atoms with Crippen LogP contribution in [0, 0.1) is 10.5 Å². The van der Waals surface area contributed by atoms with Gasteiger partial charge in [-0.3, -0.25) is 5.43 Å². The molecule has 0 aromatic heterocycles. The van der Waals surface area contributed by atoms with E-state index in [0.717, 1.165) is 20.4 Å². The minimum atomic E-state index is -1.11. The van der Waals surface area contributed by atoms with Crippen LogP contribution in [-0.4, -0.2) is 49.9 Å².